The predicted octanol–water partition coefficient (Wildman–Crippen LogP) is 2.41. The van der Waals surface area contributed by atoms with Gasteiger partial charge in [0.2, 0.25) is 10.0 Å². The zero-order valence-electron chi connectivity index (χ0n) is 12.5. The summed E-state index contributed by atoms with van der Waals surface area (Å²) in [6.45, 7) is 2.58. The lowest BCUT2D eigenvalue weighted by Crippen LogP contribution is -2.34. The summed E-state index contributed by atoms with van der Waals surface area (Å²) < 4.78 is 28.0. The second-order valence-electron chi connectivity index (χ2n) is 6.46. The van der Waals surface area contributed by atoms with Gasteiger partial charge in [-0.25, -0.2) is 13.1 Å². The molecule has 4 nitrogen and oxygen atoms in total. The molecule has 0 spiro atoms. The molecule has 0 aromatic heterocycles. The number of hydrogen-bond acceptors (Lipinski definition) is 3. The van der Waals surface area contributed by atoms with Crippen LogP contribution in [-0.2, 0) is 16.6 Å². The Morgan fingerprint density at radius 3 is 2.57 bits per heavy atom. The van der Waals surface area contributed by atoms with Gasteiger partial charge >= 0.3 is 0 Å². The summed E-state index contributed by atoms with van der Waals surface area (Å²) >= 11 is 0. The van der Waals surface area contributed by atoms with Gasteiger partial charge in [0, 0.05) is 18.6 Å². The topological polar surface area (TPSA) is 58.2 Å². The molecule has 1 aromatic carbocycles. The van der Waals surface area contributed by atoms with Gasteiger partial charge in [0.1, 0.15) is 0 Å². The number of rotatable bonds is 8. The lowest BCUT2D eigenvalue weighted by atomic mass is 10.2. The maximum absolute atomic E-state index is 12.6. The van der Waals surface area contributed by atoms with E-state index >= 15 is 0 Å². The summed E-state index contributed by atoms with van der Waals surface area (Å²) in [5.41, 5.74) is 0.857. The van der Waals surface area contributed by atoms with E-state index in [1.54, 1.807) is 12.1 Å². The highest BCUT2D eigenvalue weighted by atomic mass is 32.2. The Hall–Kier alpha value is -0.910. The molecular formula is C16H24N2O2S. The number of hydrogen-bond donors (Lipinski definition) is 2. The van der Waals surface area contributed by atoms with E-state index in [9.17, 15) is 8.42 Å². The van der Waals surface area contributed by atoms with E-state index in [-0.39, 0.29) is 6.04 Å². The van der Waals surface area contributed by atoms with Crippen molar-refractivity contribution in [3.8, 4) is 0 Å². The van der Waals surface area contributed by atoms with Gasteiger partial charge < -0.3 is 5.32 Å². The molecule has 0 amide bonds. The summed E-state index contributed by atoms with van der Waals surface area (Å²) in [7, 11) is -3.43. The van der Waals surface area contributed by atoms with E-state index < -0.39 is 10.0 Å². The summed E-state index contributed by atoms with van der Waals surface area (Å²) in [6.07, 6.45) is 5.83. The highest BCUT2D eigenvalue weighted by Crippen LogP contribution is 2.33. The van der Waals surface area contributed by atoms with Crippen LogP contribution in [0, 0.1) is 5.92 Å². The fraction of sp³-hybridized carbons (Fsp3) is 0.625. The zero-order chi connectivity index (χ0) is 14.9. The molecule has 0 saturated heterocycles. The Balaban J connectivity index is 1.70. The molecule has 2 fully saturated rings. The molecule has 0 bridgehead atoms. The van der Waals surface area contributed by atoms with Gasteiger partial charge in [0.05, 0.1) is 4.90 Å². The van der Waals surface area contributed by atoms with E-state index in [1.165, 1.54) is 25.7 Å². The molecule has 2 aliphatic rings. The summed E-state index contributed by atoms with van der Waals surface area (Å²) in [4.78, 5) is 0.417. The van der Waals surface area contributed by atoms with Gasteiger partial charge in [-0.1, -0.05) is 31.0 Å². The first-order valence-corrected chi connectivity index (χ1v) is 9.36. The Morgan fingerprint density at radius 1 is 1.19 bits per heavy atom. The van der Waals surface area contributed by atoms with Crippen molar-refractivity contribution in [3.05, 3.63) is 29.8 Å². The van der Waals surface area contributed by atoms with Crippen LogP contribution in [0.1, 0.15) is 44.6 Å². The van der Waals surface area contributed by atoms with Crippen LogP contribution in [-0.4, -0.2) is 20.5 Å². The van der Waals surface area contributed by atoms with E-state index in [0.29, 0.717) is 17.5 Å². The molecule has 2 aliphatic carbocycles. The average molecular weight is 308 g/mol. The van der Waals surface area contributed by atoms with Crippen LogP contribution in [0.25, 0.3) is 0 Å². The van der Waals surface area contributed by atoms with E-state index in [4.69, 9.17) is 0 Å². The number of benzene rings is 1. The van der Waals surface area contributed by atoms with Crippen LogP contribution in [0.2, 0.25) is 0 Å². The van der Waals surface area contributed by atoms with Crippen LogP contribution < -0.4 is 10.0 Å². The van der Waals surface area contributed by atoms with Crippen molar-refractivity contribution in [2.45, 2.75) is 62.6 Å². The third-order valence-electron chi connectivity index (χ3n) is 4.16. The van der Waals surface area contributed by atoms with Crippen LogP contribution in [0.4, 0.5) is 0 Å². The first-order chi connectivity index (χ1) is 10.0. The predicted molar refractivity (Wildman–Crippen MR) is 83.4 cm³/mol. The van der Waals surface area contributed by atoms with Crippen molar-refractivity contribution < 1.29 is 8.42 Å². The molecule has 3 rings (SSSR count). The Bertz CT molecular complexity index is 592. The molecule has 0 heterocycles. The summed E-state index contributed by atoms with van der Waals surface area (Å²) in [6, 6.07) is 7.87. The zero-order valence-corrected chi connectivity index (χ0v) is 13.3. The third-order valence-corrected chi connectivity index (χ3v) is 5.85. The summed E-state index contributed by atoms with van der Waals surface area (Å²) in [5, 5.41) is 3.39. The van der Waals surface area contributed by atoms with Crippen LogP contribution in [0.3, 0.4) is 0 Å². The molecule has 1 unspecified atom stereocenters. The van der Waals surface area contributed by atoms with Crippen LogP contribution in [0.5, 0.6) is 0 Å². The van der Waals surface area contributed by atoms with Crippen LogP contribution >= 0.6 is 0 Å². The van der Waals surface area contributed by atoms with E-state index in [2.05, 4.69) is 10.0 Å². The fourth-order valence-electron chi connectivity index (χ4n) is 2.68. The van der Waals surface area contributed by atoms with Gasteiger partial charge in [-0.15, -0.1) is 0 Å². The van der Waals surface area contributed by atoms with Crippen molar-refractivity contribution in [2.75, 3.05) is 0 Å². The lowest BCUT2D eigenvalue weighted by Gasteiger charge is -2.16. The molecule has 2 N–H and O–H groups in total. The maximum atomic E-state index is 12.6. The molecule has 0 aliphatic heterocycles. The standard InChI is InChI=1S/C16H24N2O2S/c1-12(10-13-6-7-13)18-21(19,20)16-5-3-2-4-14(16)11-17-15-8-9-15/h2-5,12-13,15,17-18H,6-11H2,1H3. The maximum Gasteiger partial charge on any atom is 0.241 e. The number of sulfonamides is 1. The minimum atomic E-state index is -3.43. The van der Waals surface area contributed by atoms with Crippen molar-refractivity contribution >= 4 is 10.0 Å². The highest BCUT2D eigenvalue weighted by molar-refractivity contribution is 7.89. The molecule has 1 aromatic rings. The second-order valence-corrected chi connectivity index (χ2v) is 8.15. The van der Waals surface area contributed by atoms with Crippen LogP contribution in [0.15, 0.2) is 29.2 Å². The van der Waals surface area contributed by atoms with Crippen molar-refractivity contribution in [2.24, 2.45) is 5.92 Å². The smallest absolute Gasteiger partial charge is 0.241 e. The van der Waals surface area contributed by atoms with Crippen molar-refractivity contribution in [1.29, 1.82) is 0 Å². The first kappa shape index (κ1) is 15.0. The minimum Gasteiger partial charge on any atom is -0.310 e. The van der Waals surface area contributed by atoms with E-state index in [0.717, 1.165) is 17.9 Å². The largest absolute Gasteiger partial charge is 0.310 e. The molecule has 21 heavy (non-hydrogen) atoms. The van der Waals surface area contributed by atoms with Gasteiger partial charge in [-0.05, 0) is 43.7 Å². The van der Waals surface area contributed by atoms with Gasteiger partial charge in [-0.2, -0.15) is 0 Å². The summed E-state index contributed by atoms with van der Waals surface area (Å²) in [5.74, 6) is 0.717. The Morgan fingerprint density at radius 2 is 1.90 bits per heavy atom. The molecule has 2 saturated carbocycles. The second kappa shape index (κ2) is 6.07. The minimum absolute atomic E-state index is 0.00643. The Labute approximate surface area is 127 Å². The van der Waals surface area contributed by atoms with E-state index in [1.807, 2.05) is 19.1 Å². The molecule has 5 heteroatoms. The average Bonchev–Trinajstić information content (AvgIpc) is 3.31. The van der Waals surface area contributed by atoms with Crippen molar-refractivity contribution in [1.82, 2.24) is 10.0 Å². The Kier molecular flexibility index (Phi) is 4.33. The highest BCUT2D eigenvalue weighted by Gasteiger charge is 2.27. The quantitative estimate of drug-likeness (QED) is 0.775. The van der Waals surface area contributed by atoms with Gasteiger partial charge in [-0.3, -0.25) is 0 Å². The van der Waals surface area contributed by atoms with Crippen molar-refractivity contribution in [3.63, 3.8) is 0 Å². The molecule has 116 valence electrons. The molecular weight excluding hydrogens is 284 g/mol. The lowest BCUT2D eigenvalue weighted by molar-refractivity contribution is 0.528. The third kappa shape index (κ3) is 4.28. The number of nitrogens with one attached hydrogen (secondary N) is 2. The SMILES string of the molecule is CC(CC1CC1)NS(=O)(=O)c1ccccc1CNC1CC1. The van der Waals surface area contributed by atoms with Gasteiger partial charge in [0.15, 0.2) is 0 Å². The monoisotopic (exact) mass is 308 g/mol. The molecule has 0 radical (unpaired) electrons. The van der Waals surface area contributed by atoms with Gasteiger partial charge in [0.25, 0.3) is 0 Å². The molecule has 1 atom stereocenters. The normalized spacial score (nSPS) is 20.4. The fourth-order valence-corrected chi connectivity index (χ4v) is 4.18. The first-order valence-electron chi connectivity index (χ1n) is 7.88.